The summed E-state index contributed by atoms with van der Waals surface area (Å²) in [5.41, 5.74) is 6.99. The summed E-state index contributed by atoms with van der Waals surface area (Å²) in [6, 6.07) is 21.2. The fourth-order valence-electron chi connectivity index (χ4n) is 2.31. The molecule has 0 unspecified atom stereocenters. The second-order valence-electron chi connectivity index (χ2n) is 5.81. The Kier molecular flexibility index (Phi) is 6.16. The van der Waals surface area contributed by atoms with Crippen molar-refractivity contribution in [2.75, 3.05) is 5.43 Å². The van der Waals surface area contributed by atoms with Gasteiger partial charge in [0.15, 0.2) is 0 Å². The third-order valence-electron chi connectivity index (χ3n) is 3.75. The Hall–Kier alpha value is -2.49. The minimum Gasteiger partial charge on any atom is -0.488 e. The second kappa shape index (κ2) is 8.75. The zero-order chi connectivity index (χ0) is 18.4. The number of para-hydroxylation sites is 1. The van der Waals surface area contributed by atoms with Gasteiger partial charge in [-0.3, -0.25) is 5.43 Å². The lowest BCUT2D eigenvalue weighted by atomic mass is 10.2. The SMILES string of the molecule is Cc1ccc(NN=Cc2ccccc2OCc2ccc(Cl)c(Cl)c2)cc1. The first-order valence-electron chi connectivity index (χ1n) is 8.13. The van der Waals surface area contributed by atoms with Crippen LogP contribution in [0.4, 0.5) is 5.69 Å². The number of halogens is 2. The summed E-state index contributed by atoms with van der Waals surface area (Å²) in [5, 5.41) is 5.34. The van der Waals surface area contributed by atoms with Gasteiger partial charge < -0.3 is 4.74 Å². The van der Waals surface area contributed by atoms with Gasteiger partial charge in [-0.1, -0.05) is 59.1 Å². The molecule has 3 aromatic carbocycles. The predicted molar refractivity (Wildman–Crippen MR) is 110 cm³/mol. The number of ether oxygens (including phenoxy) is 1. The van der Waals surface area contributed by atoms with E-state index in [1.807, 2.05) is 54.6 Å². The van der Waals surface area contributed by atoms with E-state index in [1.54, 1.807) is 18.3 Å². The Morgan fingerprint density at radius 1 is 0.962 bits per heavy atom. The Bertz CT molecular complexity index is 908. The van der Waals surface area contributed by atoms with Gasteiger partial charge in [-0.2, -0.15) is 5.10 Å². The van der Waals surface area contributed by atoms with Gasteiger partial charge in [-0.05, 0) is 48.9 Å². The third-order valence-corrected chi connectivity index (χ3v) is 4.49. The Balaban J connectivity index is 1.66. The summed E-state index contributed by atoms with van der Waals surface area (Å²) in [6.45, 7) is 2.45. The molecule has 0 bridgehead atoms. The molecule has 0 heterocycles. The van der Waals surface area contributed by atoms with E-state index >= 15 is 0 Å². The number of hydrogen-bond acceptors (Lipinski definition) is 3. The Labute approximate surface area is 163 Å². The molecule has 0 aliphatic carbocycles. The van der Waals surface area contributed by atoms with Crippen LogP contribution in [0.25, 0.3) is 0 Å². The molecule has 0 radical (unpaired) electrons. The second-order valence-corrected chi connectivity index (χ2v) is 6.63. The molecule has 132 valence electrons. The predicted octanol–water partition coefficient (Wildman–Crippen LogP) is 6.33. The summed E-state index contributed by atoms with van der Waals surface area (Å²) < 4.78 is 5.92. The molecule has 0 amide bonds. The van der Waals surface area contributed by atoms with Crippen molar-refractivity contribution in [3.05, 3.63) is 93.5 Å². The summed E-state index contributed by atoms with van der Waals surface area (Å²) in [4.78, 5) is 0. The standard InChI is InChI=1S/C21H18Cl2N2O/c1-15-6-9-18(10-7-15)25-24-13-17-4-2-3-5-21(17)26-14-16-8-11-19(22)20(23)12-16/h2-13,25H,14H2,1H3. The van der Waals surface area contributed by atoms with Gasteiger partial charge in [0.2, 0.25) is 0 Å². The van der Waals surface area contributed by atoms with Crippen LogP contribution in [0.3, 0.4) is 0 Å². The fourth-order valence-corrected chi connectivity index (χ4v) is 2.63. The normalized spacial score (nSPS) is 10.9. The maximum Gasteiger partial charge on any atom is 0.128 e. The number of anilines is 1. The average Bonchev–Trinajstić information content (AvgIpc) is 2.65. The molecule has 0 saturated heterocycles. The van der Waals surface area contributed by atoms with E-state index in [0.717, 1.165) is 22.6 Å². The number of hydrazone groups is 1. The van der Waals surface area contributed by atoms with Crippen LogP contribution in [0.2, 0.25) is 10.0 Å². The lowest BCUT2D eigenvalue weighted by Crippen LogP contribution is -1.99. The molecule has 0 fully saturated rings. The number of nitrogens with one attached hydrogen (secondary N) is 1. The molecule has 0 spiro atoms. The van der Waals surface area contributed by atoms with Crippen molar-refractivity contribution < 1.29 is 4.74 Å². The van der Waals surface area contributed by atoms with Gasteiger partial charge >= 0.3 is 0 Å². The maximum atomic E-state index is 6.05. The number of benzene rings is 3. The van der Waals surface area contributed by atoms with Crippen molar-refractivity contribution in [3.63, 3.8) is 0 Å². The lowest BCUT2D eigenvalue weighted by Gasteiger charge is -2.09. The molecule has 3 rings (SSSR count). The fraction of sp³-hybridized carbons (Fsp3) is 0.0952. The van der Waals surface area contributed by atoms with E-state index in [-0.39, 0.29) is 0 Å². The molecular weight excluding hydrogens is 367 g/mol. The highest BCUT2D eigenvalue weighted by Crippen LogP contribution is 2.24. The van der Waals surface area contributed by atoms with Crippen molar-refractivity contribution in [2.45, 2.75) is 13.5 Å². The highest BCUT2D eigenvalue weighted by Gasteiger charge is 2.04. The van der Waals surface area contributed by atoms with E-state index in [2.05, 4.69) is 17.5 Å². The van der Waals surface area contributed by atoms with Crippen LogP contribution < -0.4 is 10.2 Å². The molecule has 1 N–H and O–H groups in total. The summed E-state index contributed by atoms with van der Waals surface area (Å²) in [7, 11) is 0. The Morgan fingerprint density at radius 3 is 2.50 bits per heavy atom. The highest BCUT2D eigenvalue weighted by molar-refractivity contribution is 6.42. The van der Waals surface area contributed by atoms with E-state index in [0.29, 0.717) is 16.7 Å². The van der Waals surface area contributed by atoms with Crippen molar-refractivity contribution in [1.82, 2.24) is 0 Å². The average molecular weight is 385 g/mol. The molecule has 0 aliphatic heterocycles. The van der Waals surface area contributed by atoms with Crippen LogP contribution in [0.5, 0.6) is 5.75 Å². The first kappa shape index (κ1) is 18.3. The number of aryl methyl sites for hydroxylation is 1. The molecule has 5 heteroatoms. The summed E-state index contributed by atoms with van der Waals surface area (Å²) in [6.07, 6.45) is 1.74. The molecule has 0 aliphatic rings. The summed E-state index contributed by atoms with van der Waals surface area (Å²) in [5.74, 6) is 0.744. The zero-order valence-corrected chi connectivity index (χ0v) is 15.8. The van der Waals surface area contributed by atoms with Crippen molar-refractivity contribution in [1.29, 1.82) is 0 Å². The van der Waals surface area contributed by atoms with Crippen LogP contribution in [0.15, 0.2) is 71.8 Å². The van der Waals surface area contributed by atoms with Crippen molar-refractivity contribution in [2.24, 2.45) is 5.10 Å². The molecule has 26 heavy (non-hydrogen) atoms. The monoisotopic (exact) mass is 384 g/mol. The molecular formula is C21H18Cl2N2O. The van der Waals surface area contributed by atoms with Gasteiger partial charge in [0.25, 0.3) is 0 Å². The maximum absolute atomic E-state index is 6.05. The van der Waals surface area contributed by atoms with Crippen LogP contribution in [0, 0.1) is 6.92 Å². The third kappa shape index (κ3) is 5.01. The van der Waals surface area contributed by atoms with Gasteiger partial charge in [0.1, 0.15) is 12.4 Å². The summed E-state index contributed by atoms with van der Waals surface area (Å²) >= 11 is 12.0. The lowest BCUT2D eigenvalue weighted by molar-refractivity contribution is 0.306. The number of hydrogen-bond donors (Lipinski definition) is 1. The van der Waals surface area contributed by atoms with E-state index in [1.165, 1.54) is 5.56 Å². The smallest absolute Gasteiger partial charge is 0.128 e. The van der Waals surface area contributed by atoms with Gasteiger partial charge in [0.05, 0.1) is 21.9 Å². The minimum atomic E-state index is 0.396. The van der Waals surface area contributed by atoms with Crippen LogP contribution in [0.1, 0.15) is 16.7 Å². The van der Waals surface area contributed by atoms with Gasteiger partial charge in [-0.15, -0.1) is 0 Å². The number of nitrogens with zero attached hydrogens (tertiary/aromatic N) is 1. The molecule has 0 atom stereocenters. The first-order valence-corrected chi connectivity index (χ1v) is 8.89. The topological polar surface area (TPSA) is 33.6 Å². The van der Waals surface area contributed by atoms with Gasteiger partial charge in [-0.25, -0.2) is 0 Å². The minimum absolute atomic E-state index is 0.396. The highest BCUT2D eigenvalue weighted by atomic mass is 35.5. The molecule has 0 saturated carbocycles. The van der Waals surface area contributed by atoms with Crippen LogP contribution in [-0.4, -0.2) is 6.21 Å². The van der Waals surface area contributed by atoms with Crippen molar-refractivity contribution in [3.8, 4) is 5.75 Å². The quantitative estimate of drug-likeness (QED) is 0.398. The van der Waals surface area contributed by atoms with Crippen molar-refractivity contribution >= 4 is 35.1 Å². The van der Waals surface area contributed by atoms with E-state index < -0.39 is 0 Å². The molecule has 3 nitrogen and oxygen atoms in total. The Morgan fingerprint density at radius 2 is 1.73 bits per heavy atom. The van der Waals surface area contributed by atoms with E-state index in [4.69, 9.17) is 27.9 Å². The largest absolute Gasteiger partial charge is 0.488 e. The first-order chi connectivity index (χ1) is 12.6. The molecule has 0 aromatic heterocycles. The molecule has 3 aromatic rings. The van der Waals surface area contributed by atoms with E-state index in [9.17, 15) is 0 Å². The van der Waals surface area contributed by atoms with Crippen LogP contribution >= 0.6 is 23.2 Å². The van der Waals surface area contributed by atoms with Crippen LogP contribution in [-0.2, 0) is 6.61 Å². The number of rotatable bonds is 6. The van der Waals surface area contributed by atoms with Gasteiger partial charge in [0, 0.05) is 5.56 Å². The zero-order valence-electron chi connectivity index (χ0n) is 14.2.